The molecule has 10 nitrogen and oxygen atoms in total. The monoisotopic (exact) mass is 542 g/mol. The maximum atomic E-state index is 13.7. The van der Waals surface area contributed by atoms with Crippen molar-refractivity contribution in [1.82, 2.24) is 19.1 Å². The summed E-state index contributed by atoms with van der Waals surface area (Å²) in [5.41, 5.74) is 3.61. The van der Waals surface area contributed by atoms with Crippen LogP contribution >= 0.6 is 11.3 Å². The number of amides is 2. The van der Waals surface area contributed by atoms with Gasteiger partial charge in [-0.05, 0) is 51.7 Å². The minimum absolute atomic E-state index is 0.0468. The second-order valence-corrected chi connectivity index (χ2v) is 12.3. The number of nitrogens with one attached hydrogen (secondary N) is 1. The van der Waals surface area contributed by atoms with Gasteiger partial charge in [-0.15, -0.1) is 11.3 Å². The number of rotatable bonds is 6. The predicted octanol–water partition coefficient (Wildman–Crippen LogP) is 2.89. The Hall–Kier alpha value is -3.09. The number of hydrogen-bond donors (Lipinski definition) is 1. The number of thiazole rings is 1. The summed E-state index contributed by atoms with van der Waals surface area (Å²) in [6.07, 6.45) is 1.98. The second kappa shape index (κ2) is 9.99. The maximum Gasteiger partial charge on any atom is 0.248 e. The number of benzene rings is 1. The molecule has 1 aromatic carbocycles. The first kappa shape index (κ1) is 25.6. The summed E-state index contributed by atoms with van der Waals surface area (Å²) >= 11 is 1.34. The van der Waals surface area contributed by atoms with Crippen LogP contribution in [0.1, 0.15) is 35.5 Å². The Bertz CT molecular complexity index is 1460. The number of hydrogen-bond acceptors (Lipinski definition) is 7. The third-order valence-corrected chi connectivity index (χ3v) is 9.98. The van der Waals surface area contributed by atoms with E-state index in [4.69, 9.17) is 0 Å². The maximum absolute atomic E-state index is 13.7. The highest BCUT2D eigenvalue weighted by Crippen LogP contribution is 2.30. The molecule has 1 N–H and O–H groups in total. The SMILES string of the molecule is Cc1csc(NC(=O)[C@@H]2CCCN(S(=O)(=O)c3c(C)nn(CC(=O)N4CCc5ccccc54)c3C)C2)n1. The van der Waals surface area contributed by atoms with Crippen LogP contribution < -0.4 is 10.2 Å². The second-order valence-electron chi connectivity index (χ2n) is 9.57. The van der Waals surface area contributed by atoms with Crippen LogP contribution in [0.25, 0.3) is 0 Å². The fourth-order valence-corrected chi connectivity index (χ4v) is 7.73. The van der Waals surface area contributed by atoms with Crippen molar-refractivity contribution < 1.29 is 18.0 Å². The molecule has 12 heteroatoms. The molecule has 0 saturated carbocycles. The van der Waals surface area contributed by atoms with Crippen molar-refractivity contribution in [1.29, 1.82) is 0 Å². The molecule has 5 rings (SSSR count). The number of piperidine rings is 1. The van der Waals surface area contributed by atoms with E-state index in [0.29, 0.717) is 42.5 Å². The first-order valence-electron chi connectivity index (χ1n) is 12.3. The van der Waals surface area contributed by atoms with Crippen LogP contribution in [-0.2, 0) is 32.6 Å². The molecule has 2 aliphatic rings. The summed E-state index contributed by atoms with van der Waals surface area (Å²) in [4.78, 5) is 32.1. The van der Waals surface area contributed by atoms with Gasteiger partial charge in [0, 0.05) is 30.7 Å². The van der Waals surface area contributed by atoms with Gasteiger partial charge >= 0.3 is 0 Å². The van der Waals surface area contributed by atoms with Crippen molar-refractivity contribution in [3.63, 3.8) is 0 Å². The van der Waals surface area contributed by atoms with Crippen molar-refractivity contribution in [2.45, 2.75) is 51.5 Å². The molecule has 37 heavy (non-hydrogen) atoms. The molecule has 0 radical (unpaired) electrons. The van der Waals surface area contributed by atoms with Gasteiger partial charge in [0.1, 0.15) is 11.4 Å². The Morgan fingerprint density at radius 2 is 1.95 bits per heavy atom. The molecule has 0 unspecified atom stereocenters. The van der Waals surface area contributed by atoms with Gasteiger partial charge in [0.25, 0.3) is 0 Å². The minimum atomic E-state index is -3.91. The molecule has 4 heterocycles. The molecule has 0 aliphatic carbocycles. The van der Waals surface area contributed by atoms with Crippen molar-refractivity contribution in [2.75, 3.05) is 29.9 Å². The van der Waals surface area contributed by atoms with Gasteiger partial charge in [-0.25, -0.2) is 13.4 Å². The van der Waals surface area contributed by atoms with E-state index in [1.807, 2.05) is 36.6 Å². The number of nitrogens with zero attached hydrogens (tertiary/aromatic N) is 5. The standard InChI is InChI=1S/C25H30N6O4S2/c1-16-15-36-25(26-16)27-24(33)20-8-6-11-29(13-20)37(34,35)23-17(2)28-31(18(23)3)14-22(32)30-12-10-19-7-4-5-9-21(19)30/h4-5,7,9,15,20H,6,8,10-14H2,1-3H3,(H,26,27,33)/t20-/m1/s1. The fraction of sp³-hybridized carbons (Fsp3) is 0.440. The average molecular weight is 543 g/mol. The summed E-state index contributed by atoms with van der Waals surface area (Å²) < 4.78 is 30.3. The van der Waals surface area contributed by atoms with E-state index in [9.17, 15) is 18.0 Å². The van der Waals surface area contributed by atoms with E-state index in [2.05, 4.69) is 15.4 Å². The first-order chi connectivity index (χ1) is 17.6. The van der Waals surface area contributed by atoms with Gasteiger partial charge in [-0.1, -0.05) is 18.2 Å². The minimum Gasteiger partial charge on any atom is -0.310 e. The molecule has 0 bridgehead atoms. The fourth-order valence-electron chi connectivity index (χ4n) is 5.14. The molecule has 3 aromatic rings. The van der Waals surface area contributed by atoms with E-state index in [1.54, 1.807) is 18.7 Å². The third-order valence-electron chi connectivity index (χ3n) is 6.99. The van der Waals surface area contributed by atoms with Crippen LogP contribution in [0.15, 0.2) is 34.5 Å². The normalized spacial score (nSPS) is 18.1. The Morgan fingerprint density at radius 1 is 1.16 bits per heavy atom. The third kappa shape index (κ3) is 4.92. The molecule has 196 valence electrons. The van der Waals surface area contributed by atoms with Crippen LogP contribution in [0, 0.1) is 26.7 Å². The molecule has 1 saturated heterocycles. The van der Waals surface area contributed by atoms with E-state index in [-0.39, 0.29) is 29.8 Å². The van der Waals surface area contributed by atoms with Crippen molar-refractivity contribution >= 4 is 44.0 Å². The number of aryl methyl sites for hydroxylation is 2. The van der Waals surface area contributed by atoms with Crippen molar-refractivity contribution in [2.24, 2.45) is 5.92 Å². The van der Waals surface area contributed by atoms with Crippen LogP contribution in [0.2, 0.25) is 0 Å². The molecular formula is C25H30N6O4S2. The Labute approximate surface area is 220 Å². The van der Waals surface area contributed by atoms with Crippen LogP contribution in [0.3, 0.4) is 0 Å². The van der Waals surface area contributed by atoms with Gasteiger partial charge in [0.15, 0.2) is 5.13 Å². The largest absolute Gasteiger partial charge is 0.310 e. The lowest BCUT2D eigenvalue weighted by Gasteiger charge is -2.31. The first-order valence-corrected chi connectivity index (χ1v) is 14.6. The number of para-hydroxylation sites is 1. The zero-order valence-electron chi connectivity index (χ0n) is 21.1. The zero-order chi connectivity index (χ0) is 26.3. The van der Waals surface area contributed by atoms with E-state index in [0.717, 1.165) is 23.4 Å². The zero-order valence-corrected chi connectivity index (χ0v) is 22.7. The highest BCUT2D eigenvalue weighted by atomic mass is 32.2. The van der Waals surface area contributed by atoms with Gasteiger partial charge in [-0.2, -0.15) is 9.40 Å². The molecule has 2 aliphatic heterocycles. The van der Waals surface area contributed by atoms with E-state index >= 15 is 0 Å². The molecule has 1 fully saturated rings. The van der Waals surface area contributed by atoms with Gasteiger partial charge < -0.3 is 10.2 Å². The lowest BCUT2D eigenvalue weighted by molar-refractivity contribution is -0.121. The number of carbonyl (C=O) groups excluding carboxylic acids is 2. The smallest absolute Gasteiger partial charge is 0.248 e. The topological polar surface area (TPSA) is 118 Å². The lowest BCUT2D eigenvalue weighted by atomic mass is 9.99. The number of aromatic nitrogens is 3. The Morgan fingerprint density at radius 3 is 2.70 bits per heavy atom. The molecule has 0 spiro atoms. The molecule has 1 atom stereocenters. The van der Waals surface area contributed by atoms with Gasteiger partial charge in [0.05, 0.1) is 23.0 Å². The number of carbonyl (C=O) groups is 2. The lowest BCUT2D eigenvalue weighted by Crippen LogP contribution is -2.44. The molecule has 2 amide bonds. The van der Waals surface area contributed by atoms with Crippen LogP contribution in [0.5, 0.6) is 0 Å². The van der Waals surface area contributed by atoms with Crippen LogP contribution in [-0.4, -0.2) is 58.9 Å². The van der Waals surface area contributed by atoms with Crippen LogP contribution in [0.4, 0.5) is 10.8 Å². The summed E-state index contributed by atoms with van der Waals surface area (Å²) in [6, 6.07) is 7.80. The average Bonchev–Trinajstić information content (AvgIpc) is 3.56. The number of sulfonamides is 1. The highest BCUT2D eigenvalue weighted by Gasteiger charge is 2.37. The summed E-state index contributed by atoms with van der Waals surface area (Å²) in [5.74, 6) is -0.832. The van der Waals surface area contributed by atoms with E-state index < -0.39 is 15.9 Å². The van der Waals surface area contributed by atoms with E-state index in [1.165, 1.54) is 20.3 Å². The van der Waals surface area contributed by atoms with Crippen molar-refractivity contribution in [3.05, 3.63) is 52.3 Å². The van der Waals surface area contributed by atoms with Gasteiger partial charge in [0.2, 0.25) is 21.8 Å². The quantitative estimate of drug-likeness (QED) is 0.512. The Kier molecular flexibility index (Phi) is 6.90. The number of anilines is 2. The molecular weight excluding hydrogens is 512 g/mol. The predicted molar refractivity (Wildman–Crippen MR) is 141 cm³/mol. The van der Waals surface area contributed by atoms with Crippen molar-refractivity contribution in [3.8, 4) is 0 Å². The summed E-state index contributed by atoms with van der Waals surface area (Å²) in [5, 5.41) is 9.61. The molecule has 2 aromatic heterocycles. The highest BCUT2D eigenvalue weighted by molar-refractivity contribution is 7.89. The van der Waals surface area contributed by atoms with Gasteiger partial charge in [-0.3, -0.25) is 14.3 Å². The Balaban J connectivity index is 1.32. The summed E-state index contributed by atoms with van der Waals surface area (Å²) in [7, 11) is -3.91. The summed E-state index contributed by atoms with van der Waals surface area (Å²) in [6.45, 7) is 6.14. The number of fused-ring (bicyclic) bond motifs is 1.